The molecule has 0 aromatic heterocycles. The first-order chi connectivity index (χ1) is 11.1. The zero-order chi connectivity index (χ0) is 16.7. The Morgan fingerprint density at radius 3 is 2.74 bits per heavy atom. The van der Waals surface area contributed by atoms with E-state index in [1.807, 2.05) is 0 Å². The van der Waals surface area contributed by atoms with Gasteiger partial charge in [0, 0.05) is 19.5 Å². The molecule has 0 aliphatic carbocycles. The van der Waals surface area contributed by atoms with E-state index in [-0.39, 0.29) is 31.3 Å². The summed E-state index contributed by atoms with van der Waals surface area (Å²) in [6.45, 7) is 4.59. The summed E-state index contributed by atoms with van der Waals surface area (Å²) in [4.78, 5) is 22.6. The van der Waals surface area contributed by atoms with E-state index in [1.54, 1.807) is 18.2 Å². The van der Waals surface area contributed by atoms with Gasteiger partial charge in [0.05, 0.1) is 6.10 Å². The summed E-state index contributed by atoms with van der Waals surface area (Å²) in [7, 11) is 0. The average molecular weight is 320 g/mol. The van der Waals surface area contributed by atoms with E-state index in [4.69, 9.17) is 9.47 Å². The number of hydrogen-bond donors (Lipinski definition) is 3. The SMILES string of the molecule is C=CC(=O)NCCC(=O)NC[C@H](O)c1ccc2c(c1)OCCO2. The lowest BCUT2D eigenvalue weighted by Crippen LogP contribution is -2.32. The molecule has 7 heteroatoms. The monoisotopic (exact) mass is 320 g/mol. The van der Waals surface area contributed by atoms with Gasteiger partial charge in [0.15, 0.2) is 11.5 Å². The van der Waals surface area contributed by atoms with Crippen LogP contribution < -0.4 is 20.1 Å². The van der Waals surface area contributed by atoms with Crippen LogP contribution in [0.15, 0.2) is 30.9 Å². The summed E-state index contributed by atoms with van der Waals surface area (Å²) in [6.07, 6.45) is 0.425. The van der Waals surface area contributed by atoms with Crippen LogP contribution in [0.2, 0.25) is 0 Å². The number of benzene rings is 1. The minimum Gasteiger partial charge on any atom is -0.486 e. The molecule has 0 radical (unpaired) electrons. The van der Waals surface area contributed by atoms with Crippen molar-refractivity contribution in [2.75, 3.05) is 26.3 Å². The van der Waals surface area contributed by atoms with Crippen LogP contribution in [-0.4, -0.2) is 43.2 Å². The Hall–Kier alpha value is -2.54. The third-order valence-electron chi connectivity index (χ3n) is 3.28. The lowest BCUT2D eigenvalue weighted by atomic mass is 10.1. The Bertz CT molecular complexity index is 588. The van der Waals surface area contributed by atoms with Crippen LogP contribution in [0.4, 0.5) is 0 Å². The predicted octanol–water partition coefficient (Wildman–Crippen LogP) is 0.300. The van der Waals surface area contributed by atoms with Crippen LogP contribution in [0.25, 0.3) is 0 Å². The van der Waals surface area contributed by atoms with Gasteiger partial charge in [-0.1, -0.05) is 12.6 Å². The molecule has 0 fully saturated rings. The third-order valence-corrected chi connectivity index (χ3v) is 3.28. The third kappa shape index (κ3) is 5.00. The molecule has 3 N–H and O–H groups in total. The maximum absolute atomic E-state index is 11.6. The normalized spacial score (nSPS) is 13.8. The van der Waals surface area contributed by atoms with Crippen molar-refractivity contribution in [3.05, 3.63) is 36.4 Å². The number of aliphatic hydroxyl groups excluding tert-OH is 1. The molecule has 2 amide bonds. The number of aliphatic hydroxyl groups is 1. The summed E-state index contributed by atoms with van der Waals surface area (Å²) >= 11 is 0. The van der Waals surface area contributed by atoms with E-state index in [1.165, 1.54) is 0 Å². The van der Waals surface area contributed by atoms with Crippen LogP contribution in [0.5, 0.6) is 11.5 Å². The van der Waals surface area contributed by atoms with Crippen LogP contribution in [0.3, 0.4) is 0 Å². The Kier molecular flexibility index (Phi) is 5.99. The summed E-state index contributed by atoms with van der Waals surface area (Å²) in [5.41, 5.74) is 0.634. The summed E-state index contributed by atoms with van der Waals surface area (Å²) in [5, 5.41) is 15.2. The zero-order valence-electron chi connectivity index (χ0n) is 12.7. The number of carbonyl (C=O) groups is 2. The van der Waals surface area contributed by atoms with E-state index >= 15 is 0 Å². The highest BCUT2D eigenvalue weighted by Crippen LogP contribution is 2.32. The molecule has 7 nitrogen and oxygen atoms in total. The minimum atomic E-state index is -0.849. The number of ether oxygens (including phenoxy) is 2. The van der Waals surface area contributed by atoms with Crippen molar-refractivity contribution in [2.45, 2.75) is 12.5 Å². The van der Waals surface area contributed by atoms with Gasteiger partial charge in [-0.15, -0.1) is 0 Å². The van der Waals surface area contributed by atoms with Crippen molar-refractivity contribution in [2.24, 2.45) is 0 Å². The molecule has 0 saturated heterocycles. The maximum atomic E-state index is 11.6. The topological polar surface area (TPSA) is 96.9 Å². The van der Waals surface area contributed by atoms with Crippen molar-refractivity contribution in [1.29, 1.82) is 0 Å². The van der Waals surface area contributed by atoms with Crippen LogP contribution in [0, 0.1) is 0 Å². The van der Waals surface area contributed by atoms with Crippen molar-refractivity contribution in [1.82, 2.24) is 10.6 Å². The molecule has 1 aromatic rings. The number of nitrogens with one attached hydrogen (secondary N) is 2. The fourth-order valence-corrected chi connectivity index (χ4v) is 2.06. The molecule has 1 aromatic carbocycles. The first kappa shape index (κ1) is 16.8. The largest absolute Gasteiger partial charge is 0.486 e. The lowest BCUT2D eigenvalue weighted by molar-refractivity contribution is -0.121. The second-order valence-electron chi connectivity index (χ2n) is 4.97. The highest BCUT2D eigenvalue weighted by Gasteiger charge is 2.16. The van der Waals surface area contributed by atoms with E-state index < -0.39 is 6.10 Å². The summed E-state index contributed by atoms with van der Waals surface area (Å²) in [5.74, 6) is 0.653. The van der Waals surface area contributed by atoms with Crippen LogP contribution in [-0.2, 0) is 9.59 Å². The van der Waals surface area contributed by atoms with Crippen LogP contribution in [0.1, 0.15) is 18.1 Å². The molecule has 1 atom stereocenters. The molecular weight excluding hydrogens is 300 g/mol. The standard InChI is InChI=1S/C16H20N2O5/c1-2-15(20)17-6-5-16(21)18-10-12(19)11-3-4-13-14(9-11)23-8-7-22-13/h2-4,9,12,19H,1,5-8,10H2,(H,17,20)(H,18,21)/t12-/m0/s1. The first-order valence-electron chi connectivity index (χ1n) is 7.34. The smallest absolute Gasteiger partial charge is 0.243 e. The molecule has 1 aliphatic heterocycles. The number of rotatable bonds is 7. The van der Waals surface area contributed by atoms with E-state index in [9.17, 15) is 14.7 Å². The molecular formula is C16H20N2O5. The second-order valence-corrected chi connectivity index (χ2v) is 4.97. The van der Waals surface area contributed by atoms with Crippen molar-refractivity contribution in [3.63, 3.8) is 0 Å². The molecule has 0 unspecified atom stereocenters. The fourth-order valence-electron chi connectivity index (χ4n) is 2.06. The Morgan fingerprint density at radius 2 is 2.00 bits per heavy atom. The molecule has 0 spiro atoms. The number of amides is 2. The minimum absolute atomic E-state index is 0.0773. The van der Waals surface area contributed by atoms with Gasteiger partial charge >= 0.3 is 0 Å². The van der Waals surface area contributed by atoms with Gasteiger partial charge in [-0.05, 0) is 23.8 Å². The zero-order valence-corrected chi connectivity index (χ0v) is 12.7. The molecule has 1 aliphatic rings. The van der Waals surface area contributed by atoms with Gasteiger partial charge < -0.3 is 25.2 Å². The molecule has 0 bridgehead atoms. The van der Waals surface area contributed by atoms with Crippen LogP contribution >= 0.6 is 0 Å². The molecule has 23 heavy (non-hydrogen) atoms. The van der Waals surface area contributed by atoms with Crippen molar-refractivity contribution >= 4 is 11.8 Å². The quantitative estimate of drug-likeness (QED) is 0.628. The molecule has 124 valence electrons. The lowest BCUT2D eigenvalue weighted by Gasteiger charge is -2.20. The maximum Gasteiger partial charge on any atom is 0.243 e. The number of hydrogen-bond acceptors (Lipinski definition) is 5. The van der Waals surface area contributed by atoms with Gasteiger partial charge in [-0.3, -0.25) is 9.59 Å². The Morgan fingerprint density at radius 1 is 1.26 bits per heavy atom. The fraction of sp³-hybridized carbons (Fsp3) is 0.375. The molecule has 1 heterocycles. The van der Waals surface area contributed by atoms with E-state index in [0.717, 1.165) is 6.08 Å². The van der Waals surface area contributed by atoms with Crippen molar-refractivity contribution < 1.29 is 24.2 Å². The summed E-state index contributed by atoms with van der Waals surface area (Å²) in [6, 6.07) is 5.17. The van der Waals surface area contributed by atoms with Gasteiger partial charge in [-0.2, -0.15) is 0 Å². The molecule has 0 saturated carbocycles. The second kappa shape index (κ2) is 8.19. The van der Waals surface area contributed by atoms with Gasteiger partial charge in [0.25, 0.3) is 0 Å². The number of carbonyl (C=O) groups excluding carboxylic acids is 2. The Balaban J connectivity index is 1.78. The van der Waals surface area contributed by atoms with E-state index in [0.29, 0.717) is 30.3 Å². The van der Waals surface area contributed by atoms with Gasteiger partial charge in [0.1, 0.15) is 13.2 Å². The first-order valence-corrected chi connectivity index (χ1v) is 7.34. The Labute approximate surface area is 134 Å². The van der Waals surface area contributed by atoms with Gasteiger partial charge in [-0.25, -0.2) is 0 Å². The average Bonchev–Trinajstić information content (AvgIpc) is 2.59. The highest BCUT2D eigenvalue weighted by atomic mass is 16.6. The van der Waals surface area contributed by atoms with Gasteiger partial charge in [0.2, 0.25) is 11.8 Å². The number of fused-ring (bicyclic) bond motifs is 1. The molecule has 2 rings (SSSR count). The van der Waals surface area contributed by atoms with E-state index in [2.05, 4.69) is 17.2 Å². The highest BCUT2D eigenvalue weighted by molar-refractivity contribution is 5.87. The summed E-state index contributed by atoms with van der Waals surface area (Å²) < 4.78 is 10.9. The van der Waals surface area contributed by atoms with Crippen molar-refractivity contribution in [3.8, 4) is 11.5 Å². The predicted molar refractivity (Wildman–Crippen MR) is 83.2 cm³/mol.